The maximum Gasteiger partial charge on any atom is 0.163 e. The molecule has 1 spiro atoms. The predicted octanol–water partition coefficient (Wildman–Crippen LogP) is 4.19. The Morgan fingerprint density at radius 1 is 1.38 bits per heavy atom. The summed E-state index contributed by atoms with van der Waals surface area (Å²) in [6, 6.07) is 0. The maximum absolute atomic E-state index is 12.6. The van der Waals surface area contributed by atoms with Crippen molar-refractivity contribution in [2.75, 3.05) is 6.61 Å². The van der Waals surface area contributed by atoms with E-state index >= 15 is 0 Å². The summed E-state index contributed by atoms with van der Waals surface area (Å²) >= 11 is 0. The molecule has 0 aromatic heterocycles. The van der Waals surface area contributed by atoms with Gasteiger partial charge in [-0.15, -0.1) is 0 Å². The molecular formula is C25H34O4. The van der Waals surface area contributed by atoms with Gasteiger partial charge in [0, 0.05) is 0 Å². The van der Waals surface area contributed by atoms with E-state index in [1.165, 1.54) is 0 Å². The van der Waals surface area contributed by atoms with Gasteiger partial charge in [-0.05, 0) is 86.3 Å². The van der Waals surface area contributed by atoms with Crippen LogP contribution < -0.4 is 0 Å². The van der Waals surface area contributed by atoms with E-state index in [1.54, 1.807) is 6.08 Å². The van der Waals surface area contributed by atoms with Crippen LogP contribution >= 0.6 is 0 Å². The number of carbonyl (C=O) groups excluding carboxylic acids is 2. The quantitative estimate of drug-likeness (QED) is 0.572. The number of hydrogen-bond acceptors (Lipinski definition) is 4. The Labute approximate surface area is 174 Å². The number of aldehydes is 1. The van der Waals surface area contributed by atoms with Crippen LogP contribution in [0.1, 0.15) is 59.8 Å². The number of carbonyl (C=O) groups is 2. The zero-order valence-electron chi connectivity index (χ0n) is 18.1. The first-order valence-electron chi connectivity index (χ1n) is 11.1. The van der Waals surface area contributed by atoms with Gasteiger partial charge >= 0.3 is 0 Å². The van der Waals surface area contributed by atoms with Crippen molar-refractivity contribution >= 4 is 12.1 Å². The number of rotatable bonds is 3. The Morgan fingerprint density at radius 2 is 2.14 bits per heavy atom. The van der Waals surface area contributed by atoms with Crippen LogP contribution in [-0.2, 0) is 14.3 Å². The largest absolute Gasteiger partial charge is 0.392 e. The Kier molecular flexibility index (Phi) is 5.23. The van der Waals surface area contributed by atoms with E-state index in [0.29, 0.717) is 17.4 Å². The van der Waals surface area contributed by atoms with Gasteiger partial charge in [0.2, 0.25) is 0 Å². The molecule has 0 aromatic rings. The smallest absolute Gasteiger partial charge is 0.163 e. The molecule has 1 saturated heterocycles. The lowest BCUT2D eigenvalue weighted by Crippen LogP contribution is -2.44. The van der Waals surface area contributed by atoms with E-state index in [0.717, 1.165) is 49.5 Å². The molecule has 4 heteroatoms. The van der Waals surface area contributed by atoms with Gasteiger partial charge in [0.25, 0.3) is 0 Å². The first-order chi connectivity index (χ1) is 13.7. The van der Waals surface area contributed by atoms with Crippen molar-refractivity contribution in [1.82, 2.24) is 0 Å². The molecule has 4 aliphatic rings. The fourth-order valence-corrected chi connectivity index (χ4v) is 6.91. The van der Waals surface area contributed by atoms with E-state index in [4.69, 9.17) is 4.74 Å². The van der Waals surface area contributed by atoms with Crippen molar-refractivity contribution in [1.29, 1.82) is 0 Å². The summed E-state index contributed by atoms with van der Waals surface area (Å²) in [7, 11) is 0. The number of ether oxygens (including phenoxy) is 1. The first-order valence-corrected chi connectivity index (χ1v) is 11.1. The molecule has 0 amide bonds. The molecule has 1 aliphatic heterocycles. The van der Waals surface area contributed by atoms with Crippen LogP contribution in [-0.4, -0.2) is 35.5 Å². The van der Waals surface area contributed by atoms with Crippen LogP contribution in [0.15, 0.2) is 34.9 Å². The molecule has 1 saturated carbocycles. The van der Waals surface area contributed by atoms with Crippen molar-refractivity contribution in [3.8, 4) is 0 Å². The molecule has 4 nitrogen and oxygen atoms in total. The third kappa shape index (κ3) is 3.19. The molecule has 3 aliphatic carbocycles. The van der Waals surface area contributed by atoms with Crippen molar-refractivity contribution < 1.29 is 19.4 Å². The van der Waals surface area contributed by atoms with E-state index in [2.05, 4.69) is 19.9 Å². The molecule has 0 aromatic carbocycles. The van der Waals surface area contributed by atoms with Crippen molar-refractivity contribution in [3.05, 3.63) is 34.9 Å². The van der Waals surface area contributed by atoms with Crippen LogP contribution in [0.2, 0.25) is 0 Å². The second kappa shape index (κ2) is 7.31. The molecule has 0 radical (unpaired) electrons. The number of fused-ring (bicyclic) bond motifs is 3. The predicted molar refractivity (Wildman–Crippen MR) is 112 cm³/mol. The highest BCUT2D eigenvalue weighted by Gasteiger charge is 2.61. The van der Waals surface area contributed by atoms with Gasteiger partial charge in [-0.3, -0.25) is 9.59 Å². The molecule has 1 heterocycles. The monoisotopic (exact) mass is 398 g/mol. The average molecular weight is 399 g/mol. The third-order valence-electron chi connectivity index (χ3n) is 8.46. The number of hydrogen-bond donors (Lipinski definition) is 1. The van der Waals surface area contributed by atoms with E-state index in [-0.39, 0.29) is 41.3 Å². The van der Waals surface area contributed by atoms with Crippen LogP contribution in [0.4, 0.5) is 0 Å². The third-order valence-corrected chi connectivity index (χ3v) is 8.46. The molecule has 4 rings (SSSR count). The standard InChI is InChI=1S/C25H34O4/c1-15(13-26)9-19-11-17(3)25(29-19)8-7-24(4)12-20-16(2)10-21(28)23(20)18(14-27)5-6-22(24)25/h5,9-10,14,17,19-20,22-23,26H,6-8,11-13H2,1-4H3/b15-9+,18-5-/t17-,19-,20+,22+,23-,24+,25-/m0/s1. The number of allylic oxidation sites excluding steroid dienone is 4. The van der Waals surface area contributed by atoms with Crippen molar-refractivity contribution in [2.45, 2.75) is 71.5 Å². The summed E-state index contributed by atoms with van der Waals surface area (Å²) < 4.78 is 6.77. The van der Waals surface area contributed by atoms with Crippen LogP contribution in [0.25, 0.3) is 0 Å². The maximum atomic E-state index is 12.6. The lowest BCUT2D eigenvalue weighted by Gasteiger charge is -2.44. The highest BCUT2D eigenvalue weighted by molar-refractivity contribution is 6.01. The van der Waals surface area contributed by atoms with E-state index in [9.17, 15) is 14.7 Å². The minimum atomic E-state index is -0.286. The molecule has 7 atom stereocenters. The molecule has 0 bridgehead atoms. The molecular weight excluding hydrogens is 364 g/mol. The molecule has 1 N–H and O–H groups in total. The Bertz CT molecular complexity index is 806. The average Bonchev–Trinajstić information content (AvgIpc) is 3.22. The van der Waals surface area contributed by atoms with Gasteiger partial charge in [-0.2, -0.15) is 0 Å². The van der Waals surface area contributed by atoms with Gasteiger partial charge in [0.1, 0.15) is 6.29 Å². The Balaban J connectivity index is 1.70. The summed E-state index contributed by atoms with van der Waals surface area (Å²) in [4.78, 5) is 24.5. The second-order valence-electron chi connectivity index (χ2n) is 10.3. The molecule has 2 fully saturated rings. The second-order valence-corrected chi connectivity index (χ2v) is 10.3. The minimum absolute atomic E-state index is 0.0434. The van der Waals surface area contributed by atoms with Crippen LogP contribution in [0.3, 0.4) is 0 Å². The van der Waals surface area contributed by atoms with Crippen LogP contribution in [0.5, 0.6) is 0 Å². The Hall–Kier alpha value is -1.52. The number of aliphatic hydroxyl groups excluding tert-OH is 1. The molecule has 0 unspecified atom stereocenters. The first kappa shape index (κ1) is 20.7. The number of aliphatic hydroxyl groups is 1. The molecule has 158 valence electrons. The summed E-state index contributed by atoms with van der Waals surface area (Å²) in [6.45, 7) is 8.72. The summed E-state index contributed by atoms with van der Waals surface area (Å²) in [6.07, 6.45) is 11.6. The zero-order chi connectivity index (χ0) is 21.0. The highest BCUT2D eigenvalue weighted by Crippen LogP contribution is 2.63. The topological polar surface area (TPSA) is 63.6 Å². The van der Waals surface area contributed by atoms with Gasteiger partial charge in [-0.1, -0.05) is 31.6 Å². The summed E-state index contributed by atoms with van der Waals surface area (Å²) in [5.74, 6) is 0.692. The minimum Gasteiger partial charge on any atom is -0.392 e. The fraction of sp³-hybridized carbons (Fsp3) is 0.680. The number of ketones is 1. The summed E-state index contributed by atoms with van der Waals surface area (Å²) in [5, 5.41) is 9.41. The Morgan fingerprint density at radius 3 is 2.83 bits per heavy atom. The zero-order valence-corrected chi connectivity index (χ0v) is 18.1. The lowest BCUT2D eigenvalue weighted by atomic mass is 9.62. The van der Waals surface area contributed by atoms with Crippen molar-refractivity contribution in [3.63, 3.8) is 0 Å². The van der Waals surface area contributed by atoms with Crippen molar-refractivity contribution in [2.24, 2.45) is 29.1 Å². The van der Waals surface area contributed by atoms with Gasteiger partial charge < -0.3 is 9.84 Å². The van der Waals surface area contributed by atoms with E-state index in [1.807, 2.05) is 19.9 Å². The lowest BCUT2D eigenvalue weighted by molar-refractivity contribution is -0.119. The normalized spacial score (nSPS) is 46.6. The van der Waals surface area contributed by atoms with Crippen LogP contribution in [0, 0.1) is 29.1 Å². The van der Waals surface area contributed by atoms with Gasteiger partial charge in [0.05, 0.1) is 24.2 Å². The van der Waals surface area contributed by atoms with Gasteiger partial charge in [-0.25, -0.2) is 0 Å². The highest BCUT2D eigenvalue weighted by atomic mass is 16.5. The molecule has 29 heavy (non-hydrogen) atoms. The fourth-order valence-electron chi connectivity index (χ4n) is 6.91. The SMILES string of the molecule is CC1=CC(=O)[C@H]2/C(C=O)=C\C[C@@H]3[C@](C)(CC[C@@]34O[C@@H](/C=C(\C)CO)C[C@@H]4C)C[C@H]12. The van der Waals surface area contributed by atoms with Gasteiger partial charge in [0.15, 0.2) is 5.78 Å². The summed E-state index contributed by atoms with van der Waals surface area (Å²) in [5.41, 5.74) is 2.63. The van der Waals surface area contributed by atoms with E-state index < -0.39 is 0 Å².